The fourth-order valence-electron chi connectivity index (χ4n) is 2.93. The predicted molar refractivity (Wildman–Crippen MR) is 118 cm³/mol. The zero-order valence-electron chi connectivity index (χ0n) is 17.2. The number of hydrazine groups is 1. The van der Waals surface area contributed by atoms with E-state index in [4.69, 9.17) is 21.4 Å². The van der Waals surface area contributed by atoms with Gasteiger partial charge in [-0.1, -0.05) is 33.1 Å². The number of unbranched alkanes of at least 4 members (excludes halogenated alkanes) is 1. The molecule has 29 heavy (non-hydrogen) atoms. The SMILES string of the molecule is CCCC[C@H](CC)CNC(=S)NNC(=O)COc1ccc2c(C)cc(=O)oc2c1. The number of rotatable bonds is 9. The summed E-state index contributed by atoms with van der Waals surface area (Å²) < 4.78 is 10.6. The first-order valence-corrected chi connectivity index (χ1v) is 10.3. The molecule has 1 atom stereocenters. The lowest BCUT2D eigenvalue weighted by atomic mass is 9.99. The number of nitrogens with one attached hydrogen (secondary N) is 3. The third-order valence-corrected chi connectivity index (χ3v) is 4.95. The van der Waals surface area contributed by atoms with Crippen molar-refractivity contribution in [1.29, 1.82) is 0 Å². The Kier molecular flexibility index (Phi) is 8.92. The topological polar surface area (TPSA) is 92.6 Å². The predicted octanol–water partition coefficient (Wildman–Crippen LogP) is 3.19. The van der Waals surface area contributed by atoms with Crippen LogP contribution in [0.5, 0.6) is 5.75 Å². The van der Waals surface area contributed by atoms with Crippen LogP contribution in [-0.2, 0) is 4.79 Å². The smallest absolute Gasteiger partial charge is 0.336 e. The molecule has 0 fully saturated rings. The number of benzene rings is 1. The van der Waals surface area contributed by atoms with E-state index in [1.54, 1.807) is 18.2 Å². The number of fused-ring (bicyclic) bond motifs is 1. The van der Waals surface area contributed by atoms with Gasteiger partial charge in [-0.2, -0.15) is 0 Å². The van der Waals surface area contributed by atoms with Gasteiger partial charge in [0, 0.05) is 24.1 Å². The van der Waals surface area contributed by atoms with Crippen molar-refractivity contribution in [1.82, 2.24) is 16.2 Å². The number of ether oxygens (including phenoxy) is 1. The molecule has 7 nitrogen and oxygen atoms in total. The molecule has 2 aromatic rings. The van der Waals surface area contributed by atoms with Crippen molar-refractivity contribution >= 4 is 34.2 Å². The summed E-state index contributed by atoms with van der Waals surface area (Å²) in [4.78, 5) is 23.5. The van der Waals surface area contributed by atoms with Crippen LogP contribution in [0.15, 0.2) is 33.5 Å². The second-order valence-electron chi connectivity index (χ2n) is 6.99. The number of hydrogen-bond acceptors (Lipinski definition) is 5. The molecular formula is C21H29N3O4S. The molecule has 3 N–H and O–H groups in total. The van der Waals surface area contributed by atoms with Crippen LogP contribution in [0.2, 0.25) is 0 Å². The van der Waals surface area contributed by atoms with Crippen LogP contribution in [0.4, 0.5) is 0 Å². The molecule has 0 aliphatic heterocycles. The summed E-state index contributed by atoms with van der Waals surface area (Å²) in [6, 6.07) is 6.55. The van der Waals surface area contributed by atoms with Crippen LogP contribution in [0.3, 0.4) is 0 Å². The third kappa shape index (κ3) is 7.38. The van der Waals surface area contributed by atoms with Gasteiger partial charge in [0.05, 0.1) is 0 Å². The van der Waals surface area contributed by atoms with Gasteiger partial charge in [-0.15, -0.1) is 0 Å². The van der Waals surface area contributed by atoms with Crippen molar-refractivity contribution in [3.8, 4) is 5.75 Å². The maximum absolute atomic E-state index is 12.0. The van der Waals surface area contributed by atoms with Crippen LogP contribution in [0.25, 0.3) is 11.0 Å². The third-order valence-electron chi connectivity index (χ3n) is 4.70. The first kappa shape index (κ1) is 22.7. The van der Waals surface area contributed by atoms with E-state index in [0.717, 1.165) is 30.3 Å². The van der Waals surface area contributed by atoms with Gasteiger partial charge in [-0.3, -0.25) is 15.6 Å². The Hall–Kier alpha value is -2.61. The fraction of sp³-hybridized carbons (Fsp3) is 0.476. The largest absolute Gasteiger partial charge is 0.484 e. The highest BCUT2D eigenvalue weighted by molar-refractivity contribution is 7.80. The molecule has 0 bridgehead atoms. The van der Waals surface area contributed by atoms with E-state index >= 15 is 0 Å². The molecule has 1 aromatic carbocycles. The second-order valence-corrected chi connectivity index (χ2v) is 7.40. The van der Waals surface area contributed by atoms with Crippen molar-refractivity contribution in [2.75, 3.05) is 13.2 Å². The second kappa shape index (κ2) is 11.4. The molecule has 0 radical (unpaired) electrons. The van der Waals surface area contributed by atoms with Crippen molar-refractivity contribution in [3.05, 3.63) is 40.2 Å². The monoisotopic (exact) mass is 419 g/mol. The van der Waals surface area contributed by atoms with Crippen LogP contribution >= 0.6 is 12.2 Å². The molecule has 1 amide bonds. The lowest BCUT2D eigenvalue weighted by molar-refractivity contribution is -0.123. The van der Waals surface area contributed by atoms with Crippen molar-refractivity contribution in [2.45, 2.75) is 46.5 Å². The van der Waals surface area contributed by atoms with Gasteiger partial charge < -0.3 is 14.5 Å². The summed E-state index contributed by atoms with van der Waals surface area (Å²) in [6.07, 6.45) is 4.62. The summed E-state index contributed by atoms with van der Waals surface area (Å²) in [5.41, 5.74) is 6.01. The van der Waals surface area contributed by atoms with E-state index < -0.39 is 5.63 Å². The quantitative estimate of drug-likeness (QED) is 0.327. The maximum atomic E-state index is 12.0. The van der Waals surface area contributed by atoms with Gasteiger partial charge in [0.1, 0.15) is 11.3 Å². The number of carbonyl (C=O) groups excluding carboxylic acids is 1. The minimum absolute atomic E-state index is 0.203. The molecule has 1 heterocycles. The van der Waals surface area contributed by atoms with Crippen molar-refractivity contribution in [2.24, 2.45) is 5.92 Å². The number of thiocarbonyl (C=S) groups is 1. The molecule has 0 saturated heterocycles. The zero-order chi connectivity index (χ0) is 21.2. The molecule has 0 aliphatic rings. The molecule has 1 aromatic heterocycles. The molecule has 2 rings (SSSR count). The molecule has 0 unspecified atom stereocenters. The van der Waals surface area contributed by atoms with Crippen molar-refractivity contribution < 1.29 is 13.9 Å². The molecule has 0 aliphatic carbocycles. The minimum atomic E-state index is -0.421. The average Bonchev–Trinajstić information content (AvgIpc) is 2.70. The Morgan fingerprint density at radius 2 is 2.03 bits per heavy atom. The van der Waals surface area contributed by atoms with E-state index in [2.05, 4.69) is 30.0 Å². The average molecular weight is 420 g/mol. The van der Waals surface area contributed by atoms with E-state index in [-0.39, 0.29) is 12.5 Å². The summed E-state index contributed by atoms with van der Waals surface area (Å²) in [5, 5.41) is 4.32. The van der Waals surface area contributed by atoms with Gasteiger partial charge in [-0.05, 0) is 49.2 Å². The summed E-state index contributed by atoms with van der Waals surface area (Å²) >= 11 is 5.19. The first-order chi connectivity index (χ1) is 13.9. The summed E-state index contributed by atoms with van der Waals surface area (Å²) in [7, 11) is 0. The van der Waals surface area contributed by atoms with Gasteiger partial charge in [0.15, 0.2) is 11.7 Å². The maximum Gasteiger partial charge on any atom is 0.336 e. The van der Waals surface area contributed by atoms with Crippen LogP contribution < -0.4 is 26.5 Å². The number of hydrogen-bond donors (Lipinski definition) is 3. The van der Waals surface area contributed by atoms with E-state index in [1.165, 1.54) is 18.9 Å². The highest BCUT2D eigenvalue weighted by Crippen LogP contribution is 2.22. The zero-order valence-corrected chi connectivity index (χ0v) is 18.0. The Morgan fingerprint density at radius 3 is 2.76 bits per heavy atom. The summed E-state index contributed by atoms with van der Waals surface area (Å²) in [5.74, 6) is 0.618. The van der Waals surface area contributed by atoms with E-state index in [9.17, 15) is 9.59 Å². The highest BCUT2D eigenvalue weighted by Gasteiger charge is 2.09. The molecular weight excluding hydrogens is 390 g/mol. The lowest BCUT2D eigenvalue weighted by Crippen LogP contribution is -2.49. The molecule has 8 heteroatoms. The Balaban J connectivity index is 1.76. The van der Waals surface area contributed by atoms with Crippen LogP contribution in [0.1, 0.15) is 45.1 Å². The minimum Gasteiger partial charge on any atom is -0.484 e. The first-order valence-electron chi connectivity index (χ1n) is 9.92. The lowest BCUT2D eigenvalue weighted by Gasteiger charge is -2.17. The fourth-order valence-corrected chi connectivity index (χ4v) is 3.07. The summed E-state index contributed by atoms with van der Waals surface area (Å²) in [6.45, 7) is 6.75. The molecule has 0 spiro atoms. The Morgan fingerprint density at radius 1 is 1.24 bits per heavy atom. The van der Waals surface area contributed by atoms with Gasteiger partial charge in [0.2, 0.25) is 0 Å². The normalized spacial score (nSPS) is 11.7. The molecule has 0 saturated carbocycles. The highest BCUT2D eigenvalue weighted by atomic mass is 32.1. The number of aryl methyl sites for hydroxylation is 1. The Bertz CT molecular complexity index is 897. The van der Waals surface area contributed by atoms with E-state index in [1.807, 2.05) is 6.92 Å². The van der Waals surface area contributed by atoms with E-state index in [0.29, 0.717) is 22.4 Å². The van der Waals surface area contributed by atoms with Crippen molar-refractivity contribution in [3.63, 3.8) is 0 Å². The number of carbonyl (C=O) groups is 1. The van der Waals surface area contributed by atoms with Gasteiger partial charge >= 0.3 is 5.63 Å². The van der Waals surface area contributed by atoms with Crippen LogP contribution in [0, 0.1) is 12.8 Å². The van der Waals surface area contributed by atoms with Gasteiger partial charge in [-0.25, -0.2) is 4.79 Å². The van der Waals surface area contributed by atoms with Gasteiger partial charge in [0.25, 0.3) is 5.91 Å². The van der Waals surface area contributed by atoms with Crippen LogP contribution in [-0.4, -0.2) is 24.2 Å². The Labute approximate surface area is 176 Å². The number of amides is 1. The molecule has 158 valence electrons. The standard InChI is InChI=1S/C21H29N3O4S/c1-4-6-7-15(5-2)12-22-21(29)24-23-19(25)13-27-16-8-9-17-14(3)10-20(26)28-18(17)11-16/h8-11,15H,4-7,12-13H2,1-3H3,(H,23,25)(H2,22,24,29)/t15-/m0/s1.